The van der Waals surface area contributed by atoms with Crippen molar-refractivity contribution in [3.63, 3.8) is 0 Å². The van der Waals surface area contributed by atoms with E-state index in [9.17, 15) is 9.59 Å². The monoisotopic (exact) mass is 369 g/mol. The molecule has 1 saturated heterocycles. The second kappa shape index (κ2) is 8.81. The molecule has 1 aromatic carbocycles. The van der Waals surface area contributed by atoms with Crippen LogP contribution in [0.1, 0.15) is 18.4 Å². The molecule has 7 heteroatoms. The van der Waals surface area contributed by atoms with Gasteiger partial charge in [-0.1, -0.05) is 12.1 Å². The molecule has 0 aliphatic carbocycles. The quantitative estimate of drug-likeness (QED) is 0.798. The van der Waals surface area contributed by atoms with Crippen molar-refractivity contribution in [2.45, 2.75) is 19.4 Å². The van der Waals surface area contributed by atoms with Crippen molar-refractivity contribution in [3.8, 4) is 5.69 Å². The Morgan fingerprint density at radius 3 is 2.93 bits per heavy atom. The van der Waals surface area contributed by atoms with Gasteiger partial charge in [-0.3, -0.25) is 9.59 Å². The molecule has 144 valence electrons. The Kier molecular flexibility index (Phi) is 6.24. The van der Waals surface area contributed by atoms with Crippen molar-refractivity contribution >= 4 is 11.8 Å². The molecule has 1 aliphatic heterocycles. The Bertz CT molecular complexity index is 772. The summed E-state index contributed by atoms with van der Waals surface area (Å²) in [5.74, 6) is 0.0221. The smallest absolute Gasteiger partial charge is 0.225 e. The number of hydrogen-bond acceptors (Lipinski definition) is 4. The lowest BCUT2D eigenvalue weighted by atomic mass is 9.96. The van der Waals surface area contributed by atoms with Crippen molar-refractivity contribution in [1.29, 1.82) is 0 Å². The maximum atomic E-state index is 12.6. The number of amides is 2. The van der Waals surface area contributed by atoms with Crippen LogP contribution in [0.2, 0.25) is 0 Å². The van der Waals surface area contributed by atoms with Crippen LogP contribution in [-0.2, 0) is 16.1 Å². The van der Waals surface area contributed by atoms with Crippen molar-refractivity contribution in [1.82, 2.24) is 24.9 Å². The van der Waals surface area contributed by atoms with Crippen LogP contribution < -0.4 is 5.32 Å². The van der Waals surface area contributed by atoms with E-state index in [1.807, 2.05) is 60.4 Å². The Morgan fingerprint density at radius 1 is 1.33 bits per heavy atom. The van der Waals surface area contributed by atoms with Gasteiger partial charge in [-0.05, 0) is 44.3 Å². The van der Waals surface area contributed by atoms with Gasteiger partial charge in [0.2, 0.25) is 11.8 Å². The molecule has 0 saturated carbocycles. The highest BCUT2D eigenvalue weighted by molar-refractivity contribution is 5.83. The lowest BCUT2D eigenvalue weighted by Gasteiger charge is -2.32. The van der Waals surface area contributed by atoms with Crippen LogP contribution in [0.3, 0.4) is 0 Å². The van der Waals surface area contributed by atoms with Crippen LogP contribution in [0.15, 0.2) is 42.7 Å². The van der Waals surface area contributed by atoms with E-state index >= 15 is 0 Å². The third-order valence-electron chi connectivity index (χ3n) is 4.83. The van der Waals surface area contributed by atoms with Gasteiger partial charge < -0.3 is 15.1 Å². The fourth-order valence-electron chi connectivity index (χ4n) is 3.23. The molecule has 2 amide bonds. The van der Waals surface area contributed by atoms with Crippen LogP contribution in [0.25, 0.3) is 5.69 Å². The summed E-state index contributed by atoms with van der Waals surface area (Å²) in [6.45, 7) is 2.45. The summed E-state index contributed by atoms with van der Waals surface area (Å²) >= 11 is 0. The zero-order valence-corrected chi connectivity index (χ0v) is 16.0. The minimum Gasteiger partial charge on any atom is -0.352 e. The molecule has 0 unspecified atom stereocenters. The van der Waals surface area contributed by atoms with Gasteiger partial charge in [0.15, 0.2) is 0 Å². The Hall–Kier alpha value is -2.67. The van der Waals surface area contributed by atoms with E-state index in [1.54, 1.807) is 10.9 Å². The van der Waals surface area contributed by atoms with E-state index in [2.05, 4.69) is 10.4 Å². The highest BCUT2D eigenvalue weighted by Gasteiger charge is 2.29. The van der Waals surface area contributed by atoms with Crippen LogP contribution in [-0.4, -0.2) is 65.1 Å². The Balaban J connectivity index is 1.54. The van der Waals surface area contributed by atoms with Crippen LogP contribution in [0, 0.1) is 5.92 Å². The van der Waals surface area contributed by atoms with E-state index in [-0.39, 0.29) is 17.7 Å². The van der Waals surface area contributed by atoms with Gasteiger partial charge in [0.25, 0.3) is 0 Å². The van der Waals surface area contributed by atoms with Gasteiger partial charge in [0.05, 0.1) is 11.6 Å². The highest BCUT2D eigenvalue weighted by atomic mass is 16.2. The van der Waals surface area contributed by atoms with Crippen molar-refractivity contribution < 1.29 is 9.59 Å². The molecule has 1 fully saturated rings. The Labute approximate surface area is 159 Å². The molecule has 3 rings (SSSR count). The number of nitrogens with one attached hydrogen (secondary N) is 1. The fourth-order valence-corrected chi connectivity index (χ4v) is 3.23. The van der Waals surface area contributed by atoms with E-state index in [4.69, 9.17) is 0 Å². The first kappa shape index (κ1) is 19.1. The maximum absolute atomic E-state index is 12.6. The van der Waals surface area contributed by atoms with Gasteiger partial charge in [-0.25, -0.2) is 4.68 Å². The predicted molar refractivity (Wildman–Crippen MR) is 103 cm³/mol. The Morgan fingerprint density at radius 2 is 2.19 bits per heavy atom. The minimum atomic E-state index is -0.140. The minimum absolute atomic E-state index is 0.0156. The number of aromatic nitrogens is 2. The molecule has 7 nitrogen and oxygen atoms in total. The molecule has 2 aromatic rings. The molecule has 1 atom stereocenters. The van der Waals surface area contributed by atoms with E-state index in [0.29, 0.717) is 32.5 Å². The van der Waals surface area contributed by atoms with Crippen LogP contribution >= 0.6 is 0 Å². The van der Waals surface area contributed by atoms with E-state index in [0.717, 1.165) is 17.8 Å². The molecular weight excluding hydrogens is 342 g/mol. The molecule has 1 N–H and O–H groups in total. The number of carbonyl (C=O) groups excluding carboxylic acids is 2. The summed E-state index contributed by atoms with van der Waals surface area (Å²) < 4.78 is 1.79. The van der Waals surface area contributed by atoms with Crippen molar-refractivity contribution in [2.24, 2.45) is 5.92 Å². The predicted octanol–water partition coefficient (Wildman–Crippen LogP) is 1.29. The van der Waals surface area contributed by atoms with Crippen molar-refractivity contribution in [3.05, 3.63) is 48.3 Å². The van der Waals surface area contributed by atoms with Gasteiger partial charge in [0.1, 0.15) is 0 Å². The number of nitrogens with zero attached hydrogens (tertiary/aromatic N) is 4. The first-order valence-corrected chi connectivity index (χ1v) is 9.32. The first-order chi connectivity index (χ1) is 13.0. The van der Waals surface area contributed by atoms with Gasteiger partial charge in [-0.15, -0.1) is 0 Å². The number of rotatable bonds is 7. The number of likely N-dealkylation sites (tertiary alicyclic amines) is 1. The molecule has 0 bridgehead atoms. The van der Waals surface area contributed by atoms with E-state index < -0.39 is 0 Å². The zero-order chi connectivity index (χ0) is 19.2. The molecule has 2 heterocycles. The third kappa shape index (κ3) is 5.17. The summed E-state index contributed by atoms with van der Waals surface area (Å²) in [4.78, 5) is 28.5. The SMILES string of the molecule is CN(C)CCN1C[C@H](C(=O)NCc2cccc(-n3cccn3)c2)CCC1=O. The summed E-state index contributed by atoms with van der Waals surface area (Å²) in [6, 6.07) is 9.82. The lowest BCUT2D eigenvalue weighted by Crippen LogP contribution is -2.47. The summed E-state index contributed by atoms with van der Waals surface area (Å²) in [6.07, 6.45) is 4.69. The summed E-state index contributed by atoms with van der Waals surface area (Å²) in [7, 11) is 3.96. The molecule has 0 radical (unpaired) electrons. The largest absolute Gasteiger partial charge is 0.352 e. The third-order valence-corrected chi connectivity index (χ3v) is 4.83. The lowest BCUT2D eigenvalue weighted by molar-refractivity contribution is -0.138. The molecule has 1 aliphatic rings. The van der Waals surface area contributed by atoms with E-state index in [1.165, 1.54) is 0 Å². The molecule has 27 heavy (non-hydrogen) atoms. The topological polar surface area (TPSA) is 70.5 Å². The van der Waals surface area contributed by atoms with Gasteiger partial charge in [0, 0.05) is 45.0 Å². The zero-order valence-electron chi connectivity index (χ0n) is 16.0. The summed E-state index contributed by atoms with van der Waals surface area (Å²) in [5.41, 5.74) is 1.98. The molecule has 1 aromatic heterocycles. The normalized spacial score (nSPS) is 17.4. The second-order valence-electron chi connectivity index (χ2n) is 7.22. The standard InChI is InChI=1S/C20H27N5O2/c1-23(2)11-12-24-15-17(7-8-19(24)26)20(27)21-14-16-5-3-6-18(13-16)25-10-4-9-22-25/h3-6,9-10,13,17H,7-8,11-12,14-15H2,1-2H3,(H,21,27)/t17-/m1/s1. The van der Waals surface area contributed by atoms with Gasteiger partial charge >= 0.3 is 0 Å². The highest BCUT2D eigenvalue weighted by Crippen LogP contribution is 2.18. The average Bonchev–Trinajstić information content (AvgIpc) is 3.20. The average molecular weight is 369 g/mol. The number of piperidine rings is 1. The summed E-state index contributed by atoms with van der Waals surface area (Å²) in [5, 5.41) is 7.25. The fraction of sp³-hybridized carbons (Fsp3) is 0.450. The van der Waals surface area contributed by atoms with Gasteiger partial charge in [-0.2, -0.15) is 5.10 Å². The van der Waals surface area contributed by atoms with Crippen LogP contribution in [0.5, 0.6) is 0 Å². The number of hydrogen-bond donors (Lipinski definition) is 1. The van der Waals surface area contributed by atoms with Crippen LogP contribution in [0.4, 0.5) is 0 Å². The maximum Gasteiger partial charge on any atom is 0.225 e. The number of benzene rings is 1. The molecular formula is C20H27N5O2. The second-order valence-corrected chi connectivity index (χ2v) is 7.22. The van der Waals surface area contributed by atoms with Crippen molar-refractivity contribution in [2.75, 3.05) is 33.7 Å². The number of carbonyl (C=O) groups is 2. The first-order valence-electron chi connectivity index (χ1n) is 9.32. The number of likely N-dealkylation sites (N-methyl/N-ethyl adjacent to an activating group) is 1. The molecule has 0 spiro atoms.